The Bertz CT molecular complexity index is 676. The molecule has 0 radical (unpaired) electrons. The van der Waals surface area contributed by atoms with Gasteiger partial charge in [-0.05, 0) is 19.1 Å². The number of nitrogen functional groups attached to an aromatic ring is 1. The van der Waals surface area contributed by atoms with Gasteiger partial charge < -0.3 is 5.73 Å². The van der Waals surface area contributed by atoms with Crippen LogP contribution in [0.2, 0.25) is 0 Å². The third kappa shape index (κ3) is 2.35. The highest BCUT2D eigenvalue weighted by molar-refractivity contribution is 7.90. The minimum atomic E-state index is -3.48. The molecule has 0 atom stereocenters. The van der Waals surface area contributed by atoms with Gasteiger partial charge in [0.15, 0.2) is 9.84 Å². The standard InChI is InChI=1S/C11H14N4O2S/c1-8-5-9(15(2)14-8)7-18(16,17)11-3-4-13-6-10(11)12/h3-6H,7,12H2,1-2H3. The van der Waals surface area contributed by atoms with Crippen molar-refractivity contribution in [3.63, 3.8) is 0 Å². The van der Waals surface area contributed by atoms with Crippen LogP contribution in [0.15, 0.2) is 29.4 Å². The monoisotopic (exact) mass is 266 g/mol. The average molecular weight is 266 g/mol. The van der Waals surface area contributed by atoms with Gasteiger partial charge in [0.1, 0.15) is 0 Å². The number of hydrogen-bond donors (Lipinski definition) is 1. The van der Waals surface area contributed by atoms with Gasteiger partial charge in [0.2, 0.25) is 0 Å². The largest absolute Gasteiger partial charge is 0.396 e. The second kappa shape index (κ2) is 4.41. The lowest BCUT2D eigenvalue weighted by atomic mass is 10.4. The van der Waals surface area contributed by atoms with Crippen LogP contribution in [0.3, 0.4) is 0 Å². The van der Waals surface area contributed by atoms with Gasteiger partial charge in [-0.15, -0.1) is 0 Å². The van der Waals surface area contributed by atoms with E-state index in [0.717, 1.165) is 5.69 Å². The van der Waals surface area contributed by atoms with Crippen LogP contribution in [0.25, 0.3) is 0 Å². The average Bonchev–Trinajstić information content (AvgIpc) is 2.57. The van der Waals surface area contributed by atoms with Gasteiger partial charge in [-0.2, -0.15) is 5.10 Å². The molecule has 0 aliphatic rings. The van der Waals surface area contributed by atoms with Gasteiger partial charge in [-0.25, -0.2) is 8.42 Å². The molecule has 0 unspecified atom stereocenters. The molecule has 0 aliphatic heterocycles. The molecule has 6 nitrogen and oxygen atoms in total. The van der Waals surface area contributed by atoms with Crippen LogP contribution < -0.4 is 5.73 Å². The number of rotatable bonds is 3. The van der Waals surface area contributed by atoms with E-state index in [4.69, 9.17) is 5.73 Å². The van der Waals surface area contributed by atoms with Gasteiger partial charge in [-0.1, -0.05) is 0 Å². The molecule has 0 saturated heterocycles. The molecule has 0 spiro atoms. The van der Waals surface area contributed by atoms with Gasteiger partial charge in [0.25, 0.3) is 0 Å². The van der Waals surface area contributed by atoms with Crippen molar-refractivity contribution in [2.45, 2.75) is 17.6 Å². The van der Waals surface area contributed by atoms with Crippen molar-refractivity contribution in [1.82, 2.24) is 14.8 Å². The molecule has 18 heavy (non-hydrogen) atoms. The first-order valence-corrected chi connectivity index (χ1v) is 6.97. The Labute approximate surface area is 105 Å². The van der Waals surface area contributed by atoms with Crippen LogP contribution >= 0.6 is 0 Å². The molecule has 0 fully saturated rings. The Kier molecular flexibility index (Phi) is 3.08. The summed E-state index contributed by atoms with van der Waals surface area (Å²) in [5.41, 5.74) is 7.21. The normalized spacial score (nSPS) is 11.7. The first-order chi connectivity index (χ1) is 8.40. The van der Waals surface area contributed by atoms with Crippen molar-refractivity contribution >= 4 is 15.5 Å². The Balaban J connectivity index is 2.39. The highest BCUT2D eigenvalue weighted by atomic mass is 32.2. The summed E-state index contributed by atoms with van der Waals surface area (Å²) in [6.45, 7) is 1.82. The van der Waals surface area contributed by atoms with Crippen molar-refractivity contribution < 1.29 is 8.42 Å². The van der Waals surface area contributed by atoms with Crippen molar-refractivity contribution in [3.8, 4) is 0 Å². The van der Waals surface area contributed by atoms with E-state index in [1.807, 2.05) is 6.92 Å². The van der Waals surface area contributed by atoms with E-state index in [0.29, 0.717) is 5.69 Å². The zero-order valence-electron chi connectivity index (χ0n) is 10.2. The fourth-order valence-electron chi connectivity index (χ4n) is 1.75. The van der Waals surface area contributed by atoms with Crippen LogP contribution in [-0.4, -0.2) is 23.2 Å². The van der Waals surface area contributed by atoms with Crippen LogP contribution in [-0.2, 0) is 22.6 Å². The van der Waals surface area contributed by atoms with Gasteiger partial charge in [-0.3, -0.25) is 9.67 Å². The molecule has 0 saturated carbocycles. The van der Waals surface area contributed by atoms with Crippen LogP contribution in [0.5, 0.6) is 0 Å². The second-order valence-corrected chi connectivity index (χ2v) is 6.03. The lowest BCUT2D eigenvalue weighted by Crippen LogP contribution is -2.11. The summed E-state index contributed by atoms with van der Waals surface area (Å²) in [6.07, 6.45) is 2.75. The lowest BCUT2D eigenvalue weighted by molar-refractivity contribution is 0.592. The molecular weight excluding hydrogens is 252 g/mol. The van der Waals surface area contributed by atoms with Crippen molar-refractivity contribution in [1.29, 1.82) is 0 Å². The lowest BCUT2D eigenvalue weighted by Gasteiger charge is -2.06. The molecule has 2 N–H and O–H groups in total. The molecule has 0 amide bonds. The van der Waals surface area contributed by atoms with Crippen molar-refractivity contribution in [2.24, 2.45) is 7.05 Å². The van der Waals surface area contributed by atoms with Gasteiger partial charge in [0.05, 0.1) is 33.9 Å². The smallest absolute Gasteiger partial charge is 0.186 e. The maximum absolute atomic E-state index is 12.2. The summed E-state index contributed by atoms with van der Waals surface area (Å²) in [4.78, 5) is 3.89. The topological polar surface area (TPSA) is 90.9 Å². The molecule has 0 bridgehead atoms. The maximum Gasteiger partial charge on any atom is 0.186 e. The van der Waals surface area contributed by atoms with E-state index in [1.165, 1.54) is 18.5 Å². The zero-order valence-corrected chi connectivity index (χ0v) is 11.0. The molecule has 2 heterocycles. The first-order valence-electron chi connectivity index (χ1n) is 5.32. The van der Waals surface area contributed by atoms with Gasteiger partial charge >= 0.3 is 0 Å². The van der Waals surface area contributed by atoms with E-state index in [2.05, 4.69) is 10.1 Å². The summed E-state index contributed by atoms with van der Waals surface area (Å²) in [5.74, 6) is -0.126. The number of aromatic nitrogens is 3. The van der Waals surface area contributed by atoms with E-state index < -0.39 is 9.84 Å². The predicted octanol–water partition coefficient (Wildman–Crippen LogP) is 0.680. The summed E-state index contributed by atoms with van der Waals surface area (Å²) in [5, 5.41) is 4.12. The highest BCUT2D eigenvalue weighted by Gasteiger charge is 2.20. The Morgan fingerprint density at radius 2 is 2.17 bits per heavy atom. The van der Waals surface area contributed by atoms with Gasteiger partial charge in [0, 0.05) is 13.2 Å². The fraction of sp³-hybridized carbons (Fsp3) is 0.273. The number of sulfone groups is 1. The van der Waals surface area contributed by atoms with Crippen molar-refractivity contribution in [2.75, 3.05) is 5.73 Å². The molecule has 2 aromatic heterocycles. The Morgan fingerprint density at radius 3 is 2.72 bits per heavy atom. The second-order valence-electron chi connectivity index (χ2n) is 4.07. The predicted molar refractivity (Wildman–Crippen MR) is 67.5 cm³/mol. The Hall–Kier alpha value is -1.89. The zero-order chi connectivity index (χ0) is 13.3. The summed E-state index contributed by atoms with van der Waals surface area (Å²) in [6, 6.07) is 3.16. The Morgan fingerprint density at radius 1 is 1.44 bits per heavy atom. The number of nitrogens with zero attached hydrogens (tertiary/aromatic N) is 3. The molecule has 96 valence electrons. The molecule has 7 heteroatoms. The first kappa shape index (κ1) is 12.6. The minimum absolute atomic E-state index is 0.108. The number of hydrogen-bond acceptors (Lipinski definition) is 5. The SMILES string of the molecule is Cc1cc(CS(=O)(=O)c2ccncc2N)n(C)n1. The van der Waals surface area contributed by atoms with E-state index >= 15 is 0 Å². The third-order valence-electron chi connectivity index (χ3n) is 2.58. The van der Waals surface area contributed by atoms with Crippen LogP contribution in [0.4, 0.5) is 5.69 Å². The maximum atomic E-state index is 12.2. The van der Waals surface area contributed by atoms with Crippen LogP contribution in [0.1, 0.15) is 11.4 Å². The van der Waals surface area contributed by atoms with E-state index in [9.17, 15) is 8.42 Å². The number of anilines is 1. The summed E-state index contributed by atoms with van der Waals surface area (Å²) < 4.78 is 26.0. The summed E-state index contributed by atoms with van der Waals surface area (Å²) in [7, 11) is -1.76. The minimum Gasteiger partial charge on any atom is -0.396 e. The third-order valence-corrected chi connectivity index (χ3v) is 4.30. The number of pyridine rings is 1. The van der Waals surface area contributed by atoms with E-state index in [-0.39, 0.29) is 16.3 Å². The molecule has 0 aromatic carbocycles. The summed E-state index contributed by atoms with van der Waals surface area (Å²) >= 11 is 0. The highest BCUT2D eigenvalue weighted by Crippen LogP contribution is 2.21. The number of aryl methyl sites for hydroxylation is 2. The molecule has 2 aromatic rings. The van der Waals surface area contributed by atoms with E-state index in [1.54, 1.807) is 17.8 Å². The van der Waals surface area contributed by atoms with Crippen LogP contribution in [0, 0.1) is 6.92 Å². The fourth-order valence-corrected chi connectivity index (χ4v) is 3.24. The molecular formula is C11H14N4O2S. The number of nitrogens with two attached hydrogens (primary N) is 1. The molecule has 0 aliphatic carbocycles. The molecule has 2 rings (SSSR count). The van der Waals surface area contributed by atoms with Crippen molar-refractivity contribution in [3.05, 3.63) is 35.9 Å². The quantitative estimate of drug-likeness (QED) is 0.882.